The van der Waals surface area contributed by atoms with E-state index < -0.39 is 5.97 Å². The summed E-state index contributed by atoms with van der Waals surface area (Å²) >= 11 is 1.75. The molecule has 0 radical (unpaired) electrons. The molecule has 106 valence electrons. The van der Waals surface area contributed by atoms with Crippen molar-refractivity contribution >= 4 is 23.1 Å². The molecule has 0 fully saturated rings. The summed E-state index contributed by atoms with van der Waals surface area (Å²) < 4.78 is 4.60. The van der Waals surface area contributed by atoms with Crippen molar-refractivity contribution in [2.75, 3.05) is 19.1 Å². The zero-order valence-corrected chi connectivity index (χ0v) is 12.6. The molecule has 0 bridgehead atoms. The van der Waals surface area contributed by atoms with Crippen LogP contribution in [0.25, 0.3) is 0 Å². The van der Waals surface area contributed by atoms with E-state index in [0.717, 1.165) is 12.2 Å². The lowest BCUT2D eigenvalue weighted by Crippen LogP contribution is -2.31. The molecule has 0 amide bonds. The monoisotopic (exact) mass is 291 g/mol. The number of rotatable bonds is 5. The molecule has 2 aromatic rings. The van der Waals surface area contributed by atoms with E-state index in [1.807, 2.05) is 11.9 Å². The highest BCUT2D eigenvalue weighted by Gasteiger charge is 2.14. The topological polar surface area (TPSA) is 55.3 Å². The minimum absolute atomic E-state index is 0.218. The van der Waals surface area contributed by atoms with Crippen molar-refractivity contribution in [2.24, 2.45) is 0 Å². The molecule has 5 nitrogen and oxygen atoms in total. The van der Waals surface area contributed by atoms with Crippen molar-refractivity contribution in [3.8, 4) is 0 Å². The molecule has 0 saturated carbocycles. The molecule has 0 aromatic carbocycles. The lowest BCUT2D eigenvalue weighted by atomic mass is 10.2. The van der Waals surface area contributed by atoms with Crippen LogP contribution in [0, 0.1) is 0 Å². The number of thiophene rings is 1. The van der Waals surface area contributed by atoms with E-state index in [2.05, 4.69) is 39.4 Å². The molecule has 0 N–H and O–H groups in total. The van der Waals surface area contributed by atoms with Crippen LogP contribution in [-0.2, 0) is 11.2 Å². The molecule has 0 unspecified atom stereocenters. The molecule has 20 heavy (non-hydrogen) atoms. The third-order valence-corrected chi connectivity index (χ3v) is 4.04. The molecule has 0 aliphatic rings. The predicted octanol–water partition coefficient (Wildman–Crippen LogP) is 2.39. The maximum Gasteiger partial charge on any atom is 0.358 e. The smallest absolute Gasteiger partial charge is 0.358 e. The Labute approximate surface area is 122 Å². The van der Waals surface area contributed by atoms with Gasteiger partial charge < -0.3 is 9.64 Å². The summed E-state index contributed by atoms with van der Waals surface area (Å²) in [6.45, 7) is 2.13. The summed E-state index contributed by atoms with van der Waals surface area (Å²) in [5, 5.41) is 10.0. The van der Waals surface area contributed by atoms with Crippen LogP contribution in [0.3, 0.4) is 0 Å². The van der Waals surface area contributed by atoms with Crippen LogP contribution in [0.5, 0.6) is 0 Å². The number of methoxy groups -OCH3 is 1. The van der Waals surface area contributed by atoms with Crippen LogP contribution in [-0.4, -0.2) is 36.4 Å². The first-order valence-electron chi connectivity index (χ1n) is 6.29. The zero-order valence-electron chi connectivity index (χ0n) is 11.7. The summed E-state index contributed by atoms with van der Waals surface area (Å²) in [5.41, 5.74) is 0.218. The summed E-state index contributed by atoms with van der Waals surface area (Å²) in [7, 11) is 3.30. The number of ether oxygens (including phenoxy) is 1. The van der Waals surface area contributed by atoms with E-state index in [1.54, 1.807) is 23.5 Å². The van der Waals surface area contributed by atoms with Gasteiger partial charge in [0.1, 0.15) is 0 Å². The number of hydrogen-bond donors (Lipinski definition) is 0. The number of likely N-dealkylation sites (N-methyl/N-ethyl adjacent to an activating group) is 1. The highest BCUT2D eigenvalue weighted by Crippen LogP contribution is 2.17. The Morgan fingerprint density at radius 2 is 2.20 bits per heavy atom. The summed E-state index contributed by atoms with van der Waals surface area (Å²) in [4.78, 5) is 14.7. The Hall–Kier alpha value is -1.95. The fourth-order valence-electron chi connectivity index (χ4n) is 1.81. The average molecular weight is 291 g/mol. The zero-order chi connectivity index (χ0) is 14.5. The van der Waals surface area contributed by atoms with E-state index >= 15 is 0 Å². The van der Waals surface area contributed by atoms with Crippen LogP contribution >= 0.6 is 11.3 Å². The quantitative estimate of drug-likeness (QED) is 0.792. The number of carbonyl (C=O) groups is 1. The lowest BCUT2D eigenvalue weighted by molar-refractivity contribution is 0.0592. The molecule has 2 heterocycles. The van der Waals surface area contributed by atoms with Gasteiger partial charge in [-0.25, -0.2) is 4.79 Å². The van der Waals surface area contributed by atoms with Gasteiger partial charge in [-0.05, 0) is 30.5 Å². The van der Waals surface area contributed by atoms with Crippen molar-refractivity contribution in [3.05, 3.63) is 40.2 Å². The van der Waals surface area contributed by atoms with Crippen LogP contribution in [0.1, 0.15) is 22.3 Å². The number of esters is 1. The molecular formula is C14H17N3O2S. The fourth-order valence-corrected chi connectivity index (χ4v) is 2.64. The molecule has 1 atom stereocenters. The normalized spacial score (nSPS) is 11.9. The van der Waals surface area contributed by atoms with Gasteiger partial charge in [0, 0.05) is 24.4 Å². The second kappa shape index (κ2) is 6.47. The van der Waals surface area contributed by atoms with E-state index in [1.165, 1.54) is 12.0 Å². The summed E-state index contributed by atoms with van der Waals surface area (Å²) in [6, 6.07) is 7.89. The minimum Gasteiger partial charge on any atom is -0.464 e. The lowest BCUT2D eigenvalue weighted by Gasteiger charge is -2.25. The van der Waals surface area contributed by atoms with Gasteiger partial charge in [0.15, 0.2) is 11.5 Å². The highest BCUT2D eigenvalue weighted by molar-refractivity contribution is 7.09. The number of hydrogen-bond acceptors (Lipinski definition) is 6. The van der Waals surface area contributed by atoms with E-state index in [-0.39, 0.29) is 5.69 Å². The van der Waals surface area contributed by atoms with Crippen molar-refractivity contribution in [3.63, 3.8) is 0 Å². The number of nitrogens with zero attached hydrogens (tertiary/aromatic N) is 3. The van der Waals surface area contributed by atoms with E-state index in [9.17, 15) is 4.79 Å². The van der Waals surface area contributed by atoms with Crippen molar-refractivity contribution < 1.29 is 9.53 Å². The van der Waals surface area contributed by atoms with Crippen LogP contribution in [0.4, 0.5) is 5.82 Å². The average Bonchev–Trinajstić information content (AvgIpc) is 2.98. The molecule has 0 aliphatic heterocycles. The van der Waals surface area contributed by atoms with Crippen LogP contribution in [0.2, 0.25) is 0 Å². The van der Waals surface area contributed by atoms with Gasteiger partial charge in [0.05, 0.1) is 7.11 Å². The van der Waals surface area contributed by atoms with E-state index in [4.69, 9.17) is 0 Å². The minimum atomic E-state index is -0.474. The Bertz CT molecular complexity index is 554. The van der Waals surface area contributed by atoms with Gasteiger partial charge in [-0.15, -0.1) is 21.5 Å². The van der Waals surface area contributed by atoms with Crippen molar-refractivity contribution in [1.29, 1.82) is 0 Å². The fraction of sp³-hybridized carbons (Fsp3) is 0.357. The maximum atomic E-state index is 11.3. The van der Waals surface area contributed by atoms with Gasteiger partial charge in [0.25, 0.3) is 0 Å². The molecule has 0 spiro atoms. The van der Waals surface area contributed by atoms with Crippen LogP contribution in [0.15, 0.2) is 29.6 Å². The second-order valence-electron chi connectivity index (χ2n) is 4.51. The molecule has 0 saturated heterocycles. The largest absolute Gasteiger partial charge is 0.464 e. The van der Waals surface area contributed by atoms with Gasteiger partial charge in [-0.1, -0.05) is 6.07 Å². The number of anilines is 1. The molecule has 2 aromatic heterocycles. The Balaban J connectivity index is 2.04. The summed E-state index contributed by atoms with van der Waals surface area (Å²) in [5.74, 6) is 0.264. The Kier molecular flexibility index (Phi) is 4.68. The number of carbonyl (C=O) groups excluding carboxylic acids is 1. The first-order valence-corrected chi connectivity index (χ1v) is 7.17. The van der Waals surface area contributed by atoms with Crippen molar-refractivity contribution in [2.45, 2.75) is 19.4 Å². The Morgan fingerprint density at radius 1 is 1.40 bits per heavy atom. The standard InChI is InChI=1S/C14H17N3O2S/c1-10(9-11-5-4-8-20-11)17(2)13-7-6-12(15-16-13)14(18)19-3/h4-8,10H,9H2,1-3H3/t10-/m1/s1. The highest BCUT2D eigenvalue weighted by atomic mass is 32.1. The summed E-state index contributed by atoms with van der Waals surface area (Å²) in [6.07, 6.45) is 0.953. The molecule has 6 heteroatoms. The predicted molar refractivity (Wildman–Crippen MR) is 79.3 cm³/mol. The second-order valence-corrected chi connectivity index (χ2v) is 5.54. The molecular weight excluding hydrogens is 274 g/mol. The third-order valence-electron chi connectivity index (χ3n) is 3.14. The van der Waals surface area contributed by atoms with Gasteiger partial charge in [-0.3, -0.25) is 0 Å². The van der Waals surface area contributed by atoms with E-state index in [0.29, 0.717) is 6.04 Å². The molecule has 0 aliphatic carbocycles. The number of aromatic nitrogens is 2. The first-order chi connectivity index (χ1) is 9.61. The van der Waals surface area contributed by atoms with Crippen LogP contribution < -0.4 is 4.90 Å². The van der Waals surface area contributed by atoms with Crippen molar-refractivity contribution in [1.82, 2.24) is 10.2 Å². The SMILES string of the molecule is COC(=O)c1ccc(N(C)[C@H](C)Cc2cccs2)nn1. The third kappa shape index (κ3) is 3.33. The Morgan fingerprint density at radius 3 is 2.75 bits per heavy atom. The van der Waals surface area contributed by atoms with Gasteiger partial charge in [-0.2, -0.15) is 0 Å². The molecule has 2 rings (SSSR count). The van der Waals surface area contributed by atoms with Gasteiger partial charge in [0.2, 0.25) is 0 Å². The maximum absolute atomic E-state index is 11.3. The van der Waals surface area contributed by atoms with Gasteiger partial charge >= 0.3 is 5.97 Å². The first kappa shape index (κ1) is 14.5.